The molecule has 1 saturated heterocycles. The lowest BCUT2D eigenvalue weighted by Gasteiger charge is -2.26. The Labute approximate surface area is 153 Å². The Balaban J connectivity index is 1.62. The van der Waals surface area contributed by atoms with E-state index >= 15 is 0 Å². The zero-order valence-corrected chi connectivity index (χ0v) is 15.3. The van der Waals surface area contributed by atoms with Crippen molar-refractivity contribution in [2.45, 2.75) is 30.6 Å². The van der Waals surface area contributed by atoms with Gasteiger partial charge in [0.25, 0.3) is 5.91 Å². The van der Waals surface area contributed by atoms with Gasteiger partial charge in [0, 0.05) is 43.3 Å². The molecule has 26 heavy (non-hydrogen) atoms. The molecule has 136 valence electrons. The Bertz CT molecular complexity index is 922. The Kier molecular flexibility index (Phi) is 4.50. The maximum Gasteiger partial charge on any atom is 0.258 e. The Hall–Kier alpha value is -2.25. The highest BCUT2D eigenvalue weighted by molar-refractivity contribution is 7.89. The van der Waals surface area contributed by atoms with Crippen LogP contribution in [0.15, 0.2) is 47.6 Å². The SMILES string of the molecule is O=C(c1ccncc1)N1CCc2cc(S(=O)(=O)N3CCCCC3)ccc21. The highest BCUT2D eigenvalue weighted by atomic mass is 32.2. The third kappa shape index (κ3) is 3.01. The zero-order chi connectivity index (χ0) is 18.1. The Morgan fingerprint density at radius 3 is 2.42 bits per heavy atom. The van der Waals surface area contributed by atoms with Crippen molar-refractivity contribution in [3.63, 3.8) is 0 Å². The summed E-state index contributed by atoms with van der Waals surface area (Å²) in [5.41, 5.74) is 2.28. The number of pyridine rings is 1. The second-order valence-corrected chi connectivity index (χ2v) is 8.64. The Morgan fingerprint density at radius 1 is 0.962 bits per heavy atom. The van der Waals surface area contributed by atoms with E-state index < -0.39 is 10.0 Å². The van der Waals surface area contributed by atoms with Gasteiger partial charge >= 0.3 is 0 Å². The number of carbonyl (C=O) groups is 1. The monoisotopic (exact) mass is 371 g/mol. The van der Waals surface area contributed by atoms with Gasteiger partial charge in [-0.15, -0.1) is 0 Å². The minimum atomic E-state index is -3.45. The van der Waals surface area contributed by atoms with Gasteiger partial charge in [0.2, 0.25) is 10.0 Å². The maximum atomic E-state index is 12.9. The third-order valence-electron chi connectivity index (χ3n) is 5.07. The van der Waals surface area contributed by atoms with Crippen LogP contribution in [0.3, 0.4) is 0 Å². The molecule has 0 aliphatic carbocycles. The molecule has 3 heterocycles. The van der Waals surface area contributed by atoms with Crippen LogP contribution in [0.1, 0.15) is 35.2 Å². The average Bonchev–Trinajstić information content (AvgIpc) is 3.12. The van der Waals surface area contributed by atoms with Crippen molar-refractivity contribution in [1.29, 1.82) is 0 Å². The van der Waals surface area contributed by atoms with Gasteiger partial charge in [-0.25, -0.2) is 8.42 Å². The number of carbonyl (C=O) groups excluding carboxylic acids is 1. The first kappa shape index (κ1) is 17.2. The number of nitrogens with zero attached hydrogens (tertiary/aromatic N) is 3. The normalized spacial score (nSPS) is 17.9. The topological polar surface area (TPSA) is 70.6 Å². The van der Waals surface area contributed by atoms with Crippen LogP contribution in [0, 0.1) is 0 Å². The number of hydrogen-bond donors (Lipinski definition) is 0. The van der Waals surface area contributed by atoms with Crippen molar-refractivity contribution in [3.05, 3.63) is 53.9 Å². The van der Waals surface area contributed by atoms with Crippen molar-refractivity contribution in [2.75, 3.05) is 24.5 Å². The van der Waals surface area contributed by atoms with E-state index in [1.54, 1.807) is 51.9 Å². The number of benzene rings is 1. The van der Waals surface area contributed by atoms with Crippen LogP contribution in [-0.2, 0) is 16.4 Å². The summed E-state index contributed by atoms with van der Waals surface area (Å²) in [4.78, 5) is 18.7. The summed E-state index contributed by atoms with van der Waals surface area (Å²) in [6.45, 7) is 1.74. The summed E-state index contributed by atoms with van der Waals surface area (Å²) >= 11 is 0. The quantitative estimate of drug-likeness (QED) is 0.831. The van der Waals surface area contributed by atoms with E-state index in [0.29, 0.717) is 36.5 Å². The lowest BCUT2D eigenvalue weighted by atomic mass is 10.1. The predicted molar refractivity (Wildman–Crippen MR) is 98.7 cm³/mol. The zero-order valence-electron chi connectivity index (χ0n) is 14.5. The minimum Gasteiger partial charge on any atom is -0.308 e. The molecule has 7 heteroatoms. The smallest absolute Gasteiger partial charge is 0.258 e. The molecule has 0 radical (unpaired) electrons. The third-order valence-corrected chi connectivity index (χ3v) is 6.97. The number of amides is 1. The van der Waals surface area contributed by atoms with E-state index in [1.807, 2.05) is 0 Å². The van der Waals surface area contributed by atoms with Crippen molar-refractivity contribution in [1.82, 2.24) is 9.29 Å². The minimum absolute atomic E-state index is 0.0854. The van der Waals surface area contributed by atoms with Crippen molar-refractivity contribution < 1.29 is 13.2 Å². The molecule has 1 amide bonds. The van der Waals surface area contributed by atoms with Crippen LogP contribution in [0.2, 0.25) is 0 Å². The first-order valence-corrected chi connectivity index (χ1v) is 10.4. The number of sulfonamides is 1. The molecule has 2 aromatic rings. The van der Waals surface area contributed by atoms with Gasteiger partial charge in [-0.05, 0) is 55.2 Å². The van der Waals surface area contributed by atoms with Gasteiger partial charge in [0.05, 0.1) is 4.90 Å². The van der Waals surface area contributed by atoms with Crippen molar-refractivity contribution >= 4 is 21.6 Å². The molecule has 2 aliphatic heterocycles. The largest absolute Gasteiger partial charge is 0.308 e. The molecule has 0 unspecified atom stereocenters. The summed E-state index contributed by atoms with van der Waals surface area (Å²) in [5.74, 6) is -0.0854. The second kappa shape index (κ2) is 6.81. The number of piperidine rings is 1. The predicted octanol–water partition coefficient (Wildman–Crippen LogP) is 2.46. The fourth-order valence-corrected chi connectivity index (χ4v) is 5.22. The second-order valence-electron chi connectivity index (χ2n) is 6.70. The lowest BCUT2D eigenvalue weighted by Crippen LogP contribution is -2.35. The molecule has 0 saturated carbocycles. The summed E-state index contributed by atoms with van der Waals surface area (Å²) in [5, 5.41) is 0. The highest BCUT2D eigenvalue weighted by Crippen LogP contribution is 2.32. The van der Waals surface area contributed by atoms with Crippen LogP contribution in [0.5, 0.6) is 0 Å². The van der Waals surface area contributed by atoms with Crippen LogP contribution < -0.4 is 4.90 Å². The molecule has 1 fully saturated rings. The number of hydrogen-bond acceptors (Lipinski definition) is 4. The lowest BCUT2D eigenvalue weighted by molar-refractivity contribution is 0.0989. The number of fused-ring (bicyclic) bond motifs is 1. The number of rotatable bonds is 3. The van der Waals surface area contributed by atoms with E-state index in [0.717, 1.165) is 30.5 Å². The summed E-state index contributed by atoms with van der Waals surface area (Å²) < 4.78 is 27.3. The number of aromatic nitrogens is 1. The summed E-state index contributed by atoms with van der Waals surface area (Å²) in [6, 6.07) is 8.50. The molecule has 0 N–H and O–H groups in total. The van der Waals surface area contributed by atoms with E-state index in [1.165, 1.54) is 0 Å². The molecule has 1 aromatic carbocycles. The Morgan fingerprint density at radius 2 is 1.69 bits per heavy atom. The van der Waals surface area contributed by atoms with E-state index in [-0.39, 0.29) is 5.91 Å². The van der Waals surface area contributed by atoms with Gasteiger partial charge in [0.15, 0.2) is 0 Å². The molecular formula is C19H21N3O3S. The molecule has 2 aliphatic rings. The maximum absolute atomic E-state index is 12.9. The van der Waals surface area contributed by atoms with Crippen LogP contribution in [0.4, 0.5) is 5.69 Å². The van der Waals surface area contributed by atoms with Gasteiger partial charge < -0.3 is 4.90 Å². The molecule has 6 nitrogen and oxygen atoms in total. The standard InChI is InChI=1S/C19H21N3O3S/c23-19(15-6-9-20-10-7-15)22-13-8-16-14-17(4-5-18(16)22)26(24,25)21-11-2-1-3-12-21/h4-7,9-10,14H,1-3,8,11-13H2. The first-order chi connectivity index (χ1) is 12.6. The molecule has 4 rings (SSSR count). The average molecular weight is 371 g/mol. The fraction of sp³-hybridized carbons (Fsp3) is 0.368. The molecule has 1 aromatic heterocycles. The van der Waals surface area contributed by atoms with Gasteiger partial charge in [-0.1, -0.05) is 6.42 Å². The van der Waals surface area contributed by atoms with Crippen LogP contribution in [0.25, 0.3) is 0 Å². The molecule has 0 bridgehead atoms. The highest BCUT2D eigenvalue weighted by Gasteiger charge is 2.30. The molecular weight excluding hydrogens is 350 g/mol. The summed E-state index contributed by atoms with van der Waals surface area (Å²) in [6.07, 6.45) is 6.77. The molecule has 0 spiro atoms. The van der Waals surface area contributed by atoms with Crippen molar-refractivity contribution in [2.24, 2.45) is 0 Å². The van der Waals surface area contributed by atoms with Gasteiger partial charge in [-0.2, -0.15) is 4.31 Å². The summed E-state index contributed by atoms with van der Waals surface area (Å²) in [7, 11) is -3.45. The van der Waals surface area contributed by atoms with E-state index in [2.05, 4.69) is 4.98 Å². The molecule has 0 atom stereocenters. The van der Waals surface area contributed by atoms with E-state index in [4.69, 9.17) is 0 Å². The van der Waals surface area contributed by atoms with Gasteiger partial charge in [0.1, 0.15) is 0 Å². The first-order valence-electron chi connectivity index (χ1n) is 8.92. The number of anilines is 1. The van der Waals surface area contributed by atoms with Crippen LogP contribution >= 0.6 is 0 Å². The fourth-order valence-electron chi connectivity index (χ4n) is 3.65. The van der Waals surface area contributed by atoms with Crippen LogP contribution in [-0.4, -0.2) is 43.2 Å². The van der Waals surface area contributed by atoms with Crippen molar-refractivity contribution in [3.8, 4) is 0 Å². The van der Waals surface area contributed by atoms with E-state index in [9.17, 15) is 13.2 Å². The van der Waals surface area contributed by atoms with Gasteiger partial charge in [-0.3, -0.25) is 9.78 Å².